The summed E-state index contributed by atoms with van der Waals surface area (Å²) in [4.78, 5) is 13.5. The number of rotatable bonds is 4. The van der Waals surface area contributed by atoms with Crippen molar-refractivity contribution >= 4 is 61.3 Å². The number of ketones is 1. The van der Waals surface area contributed by atoms with Gasteiger partial charge in [-0.05, 0) is 60.2 Å². The first-order valence-corrected chi connectivity index (χ1v) is 10.4. The number of phenolic OH excluding ortho intramolecular Hbond substituents is 1. The number of hydrogen-bond acceptors (Lipinski definition) is 4. The molecule has 4 aromatic carbocycles. The van der Waals surface area contributed by atoms with E-state index in [4.69, 9.17) is 4.74 Å². The molecule has 5 heteroatoms. The molecule has 154 valence electrons. The number of halogens is 1. The van der Waals surface area contributed by atoms with Crippen LogP contribution in [-0.4, -0.2) is 18.0 Å². The van der Waals surface area contributed by atoms with Crippen LogP contribution in [0.1, 0.15) is 15.9 Å². The normalized spacial score (nSPS) is 10.7. The summed E-state index contributed by atoms with van der Waals surface area (Å²) in [5, 5.41) is 12.0. The van der Waals surface area contributed by atoms with Gasteiger partial charge in [0.05, 0.1) is 7.11 Å². The Morgan fingerprint density at radius 2 is 1.55 bits per heavy atom. The number of fused-ring (bicyclic) bond motifs is 3. The van der Waals surface area contributed by atoms with Gasteiger partial charge in [-0.25, -0.2) is 0 Å². The lowest BCUT2D eigenvalue weighted by Gasteiger charge is -2.12. The molecule has 0 saturated heterocycles. The van der Waals surface area contributed by atoms with Crippen molar-refractivity contribution in [3.8, 4) is 22.6 Å². The van der Waals surface area contributed by atoms with Crippen LogP contribution in [0.15, 0.2) is 84.9 Å². The number of carbonyl (C=O) groups is 1. The van der Waals surface area contributed by atoms with Crippen LogP contribution in [0.4, 0.5) is 0 Å². The zero-order valence-electron chi connectivity index (χ0n) is 16.7. The molecule has 1 N–H and O–H groups in total. The summed E-state index contributed by atoms with van der Waals surface area (Å²) in [6.07, 6.45) is 0. The average molecular weight is 538 g/mol. The summed E-state index contributed by atoms with van der Waals surface area (Å²) in [6.45, 7) is 0. The van der Waals surface area contributed by atoms with Crippen LogP contribution in [0.5, 0.6) is 11.5 Å². The fourth-order valence-corrected chi connectivity index (χ4v) is 4.95. The molecule has 0 unspecified atom stereocenters. The van der Waals surface area contributed by atoms with Gasteiger partial charge >= 0.3 is 0 Å². The molecule has 0 radical (unpaired) electrons. The number of ether oxygens (including phenoxy) is 1. The molecule has 3 nitrogen and oxygen atoms in total. The fourth-order valence-electron chi connectivity index (χ4n) is 3.83. The Balaban J connectivity index is 0.00000231. The van der Waals surface area contributed by atoms with Crippen molar-refractivity contribution in [2.45, 2.75) is 0 Å². The van der Waals surface area contributed by atoms with E-state index in [9.17, 15) is 9.90 Å². The van der Waals surface area contributed by atoms with E-state index in [1.54, 1.807) is 54.8 Å². The third-order valence-corrected chi connectivity index (χ3v) is 6.43. The van der Waals surface area contributed by atoms with Crippen molar-refractivity contribution in [2.75, 3.05) is 7.11 Å². The van der Waals surface area contributed by atoms with Gasteiger partial charge in [0.25, 0.3) is 0 Å². The second-order valence-electron chi connectivity index (χ2n) is 7.06. The van der Waals surface area contributed by atoms with Crippen molar-refractivity contribution in [3.05, 3.63) is 96.1 Å². The molecular weight excluding hydrogens is 519 g/mol. The Labute approximate surface area is 200 Å². The van der Waals surface area contributed by atoms with Gasteiger partial charge in [-0.15, -0.1) is 35.3 Å². The highest BCUT2D eigenvalue weighted by Crippen LogP contribution is 2.42. The van der Waals surface area contributed by atoms with E-state index in [1.165, 1.54) is 4.70 Å². The number of benzene rings is 4. The van der Waals surface area contributed by atoms with Crippen LogP contribution >= 0.6 is 35.3 Å². The minimum atomic E-state index is -0.0436. The van der Waals surface area contributed by atoms with Gasteiger partial charge in [-0.2, -0.15) is 0 Å². The highest BCUT2D eigenvalue weighted by atomic mass is 127. The number of thiophene rings is 1. The zero-order chi connectivity index (χ0) is 20.7. The summed E-state index contributed by atoms with van der Waals surface area (Å²) >= 11 is 1.72. The van der Waals surface area contributed by atoms with E-state index in [0.29, 0.717) is 16.9 Å². The Kier molecular flexibility index (Phi) is 5.98. The van der Waals surface area contributed by atoms with Gasteiger partial charge in [0, 0.05) is 36.9 Å². The molecule has 5 rings (SSSR count). The summed E-state index contributed by atoms with van der Waals surface area (Å²) in [5.41, 5.74) is 3.04. The van der Waals surface area contributed by atoms with E-state index in [2.05, 4.69) is 12.1 Å². The van der Waals surface area contributed by atoms with Crippen LogP contribution in [0, 0.1) is 0 Å². The Bertz CT molecular complexity index is 1390. The number of methoxy groups -OCH3 is 1. The van der Waals surface area contributed by atoms with Gasteiger partial charge < -0.3 is 9.84 Å². The minimum absolute atomic E-state index is 0. The number of aromatic hydroxyl groups is 1. The summed E-state index contributed by atoms with van der Waals surface area (Å²) < 4.78 is 7.53. The minimum Gasteiger partial charge on any atom is -0.508 e. The van der Waals surface area contributed by atoms with Crippen LogP contribution in [0.2, 0.25) is 0 Å². The molecule has 0 fully saturated rings. The van der Waals surface area contributed by atoms with Crippen molar-refractivity contribution in [1.29, 1.82) is 0 Å². The molecule has 1 heterocycles. The quantitative estimate of drug-likeness (QED) is 0.193. The van der Waals surface area contributed by atoms with Crippen molar-refractivity contribution < 1.29 is 14.6 Å². The highest BCUT2D eigenvalue weighted by molar-refractivity contribution is 14.0. The topological polar surface area (TPSA) is 46.5 Å². The lowest BCUT2D eigenvalue weighted by molar-refractivity contribution is 0.103. The molecular formula is C26H19IO3S. The lowest BCUT2D eigenvalue weighted by Crippen LogP contribution is -2.04. The Hall–Kier alpha value is -2.90. The molecule has 31 heavy (non-hydrogen) atoms. The molecule has 0 spiro atoms. The molecule has 0 atom stereocenters. The molecule has 1 aromatic heterocycles. The van der Waals surface area contributed by atoms with Gasteiger partial charge in [-0.1, -0.05) is 30.3 Å². The smallest absolute Gasteiger partial charge is 0.193 e. The second kappa shape index (κ2) is 8.69. The van der Waals surface area contributed by atoms with Crippen molar-refractivity contribution in [3.63, 3.8) is 0 Å². The summed E-state index contributed by atoms with van der Waals surface area (Å²) in [6, 6.07) is 26.4. The lowest BCUT2D eigenvalue weighted by atomic mass is 9.90. The van der Waals surface area contributed by atoms with Gasteiger partial charge in [0.2, 0.25) is 0 Å². The van der Waals surface area contributed by atoms with Gasteiger partial charge in [0.15, 0.2) is 5.78 Å². The van der Waals surface area contributed by atoms with Crippen LogP contribution in [0.25, 0.3) is 31.3 Å². The van der Waals surface area contributed by atoms with Crippen LogP contribution in [-0.2, 0) is 0 Å². The van der Waals surface area contributed by atoms with Gasteiger partial charge in [0.1, 0.15) is 11.5 Å². The molecule has 0 aliphatic heterocycles. The van der Waals surface area contributed by atoms with E-state index < -0.39 is 0 Å². The predicted molar refractivity (Wildman–Crippen MR) is 138 cm³/mol. The van der Waals surface area contributed by atoms with Crippen molar-refractivity contribution in [2.24, 2.45) is 0 Å². The maximum absolute atomic E-state index is 13.5. The Morgan fingerprint density at radius 3 is 2.26 bits per heavy atom. The van der Waals surface area contributed by atoms with E-state index in [-0.39, 0.29) is 35.5 Å². The van der Waals surface area contributed by atoms with E-state index in [0.717, 1.165) is 26.6 Å². The first-order valence-electron chi connectivity index (χ1n) is 9.58. The molecule has 0 aliphatic carbocycles. The fraction of sp³-hybridized carbons (Fsp3) is 0.0385. The molecule has 0 bridgehead atoms. The van der Waals surface area contributed by atoms with Crippen LogP contribution in [0.3, 0.4) is 0 Å². The average Bonchev–Trinajstić information content (AvgIpc) is 3.17. The number of hydrogen-bond donors (Lipinski definition) is 1. The summed E-state index contributed by atoms with van der Waals surface area (Å²) in [5.74, 6) is 0.867. The second-order valence-corrected chi connectivity index (χ2v) is 8.15. The first-order chi connectivity index (χ1) is 14.7. The SMILES string of the molecule is COc1ccc(C(=O)c2ccc3sc4ccccc4c3c2-c2ccc(O)cc2)cc1.I. The third kappa shape index (κ3) is 3.79. The molecule has 0 aliphatic rings. The van der Waals surface area contributed by atoms with Crippen LogP contribution < -0.4 is 4.74 Å². The van der Waals surface area contributed by atoms with E-state index >= 15 is 0 Å². The number of carbonyl (C=O) groups excluding carboxylic acids is 1. The van der Waals surface area contributed by atoms with Crippen molar-refractivity contribution in [1.82, 2.24) is 0 Å². The maximum Gasteiger partial charge on any atom is 0.193 e. The maximum atomic E-state index is 13.5. The highest BCUT2D eigenvalue weighted by Gasteiger charge is 2.20. The third-order valence-electron chi connectivity index (χ3n) is 5.30. The Morgan fingerprint density at radius 1 is 0.839 bits per heavy atom. The first kappa shape index (κ1) is 21.3. The molecule has 0 amide bonds. The molecule has 5 aromatic rings. The zero-order valence-corrected chi connectivity index (χ0v) is 19.8. The largest absolute Gasteiger partial charge is 0.508 e. The van der Waals surface area contributed by atoms with E-state index in [1.807, 2.05) is 36.4 Å². The summed E-state index contributed by atoms with van der Waals surface area (Å²) in [7, 11) is 1.61. The van der Waals surface area contributed by atoms with Gasteiger partial charge in [-0.3, -0.25) is 4.79 Å². The standard InChI is InChI=1S/C26H18O3S.HI/c1-29-19-12-8-17(9-13-19)26(28)21-14-15-23-25(20-4-2-3-5-22(20)30-23)24(21)16-6-10-18(27)11-7-16;/h2-15,27H,1H3;1H. The predicted octanol–water partition coefficient (Wildman–Crippen LogP) is 7.28. The molecule has 0 saturated carbocycles. The number of phenols is 1. The monoisotopic (exact) mass is 538 g/mol.